The van der Waals surface area contributed by atoms with Crippen LogP contribution in [0, 0.1) is 13.8 Å². The Morgan fingerprint density at radius 2 is 1.75 bits per heavy atom. The highest BCUT2D eigenvalue weighted by Gasteiger charge is 2.11. The molecule has 0 aliphatic heterocycles. The van der Waals surface area contributed by atoms with Gasteiger partial charge in [0.2, 0.25) is 0 Å². The molecule has 0 amide bonds. The van der Waals surface area contributed by atoms with Crippen LogP contribution in [0.15, 0.2) is 40.9 Å². The molecule has 0 aliphatic carbocycles. The first kappa shape index (κ1) is 15.1. The maximum atomic E-state index is 5.73. The Labute approximate surface area is 129 Å². The van der Waals surface area contributed by atoms with Crippen molar-refractivity contribution in [2.75, 3.05) is 18.5 Å². The fourth-order valence-corrected chi connectivity index (χ4v) is 2.96. The lowest BCUT2D eigenvalue weighted by atomic mass is 10.1. The van der Waals surface area contributed by atoms with E-state index in [-0.39, 0.29) is 0 Å². The van der Waals surface area contributed by atoms with Crippen LogP contribution in [0.5, 0.6) is 0 Å². The van der Waals surface area contributed by atoms with Crippen LogP contribution in [0.3, 0.4) is 0 Å². The van der Waals surface area contributed by atoms with E-state index in [1.807, 2.05) is 0 Å². The lowest BCUT2D eigenvalue weighted by Gasteiger charge is -2.25. The average molecular weight is 333 g/mol. The van der Waals surface area contributed by atoms with Gasteiger partial charge in [0.15, 0.2) is 0 Å². The van der Waals surface area contributed by atoms with Crippen molar-refractivity contribution in [3.63, 3.8) is 0 Å². The molecule has 0 bridgehead atoms. The van der Waals surface area contributed by atoms with E-state index in [9.17, 15) is 0 Å². The Balaban J connectivity index is 2.44. The molecule has 0 radical (unpaired) electrons. The second-order valence-corrected chi connectivity index (χ2v) is 6.08. The molecule has 20 heavy (non-hydrogen) atoms. The van der Waals surface area contributed by atoms with Crippen molar-refractivity contribution in [3.8, 4) is 0 Å². The van der Waals surface area contributed by atoms with Crippen LogP contribution in [0.25, 0.3) is 0 Å². The number of anilines is 2. The molecule has 0 saturated carbocycles. The molecule has 106 valence electrons. The number of aryl methyl sites for hydroxylation is 2. The molecule has 0 aromatic heterocycles. The number of benzene rings is 2. The summed E-state index contributed by atoms with van der Waals surface area (Å²) in [5.41, 5.74) is 12.0. The van der Waals surface area contributed by atoms with Crippen molar-refractivity contribution in [1.82, 2.24) is 0 Å². The fraction of sp³-hybridized carbons (Fsp3) is 0.294. The third kappa shape index (κ3) is 3.22. The highest BCUT2D eigenvalue weighted by molar-refractivity contribution is 9.10. The SMILES string of the molecule is Cc1ccc(N(C)c2ccc(Br)cc2CCN)c(C)c1. The fourth-order valence-electron chi connectivity index (χ4n) is 2.55. The zero-order valence-corrected chi connectivity index (χ0v) is 13.9. The van der Waals surface area contributed by atoms with E-state index in [0.717, 1.165) is 10.9 Å². The second kappa shape index (κ2) is 6.42. The summed E-state index contributed by atoms with van der Waals surface area (Å²) in [6.07, 6.45) is 0.879. The molecule has 0 heterocycles. The topological polar surface area (TPSA) is 29.3 Å². The minimum absolute atomic E-state index is 0.657. The third-order valence-corrected chi connectivity index (χ3v) is 4.02. The van der Waals surface area contributed by atoms with E-state index in [1.54, 1.807) is 0 Å². The van der Waals surface area contributed by atoms with Crippen molar-refractivity contribution in [3.05, 3.63) is 57.6 Å². The largest absolute Gasteiger partial charge is 0.344 e. The molecule has 0 aliphatic rings. The maximum absolute atomic E-state index is 5.73. The molecule has 0 unspecified atom stereocenters. The van der Waals surface area contributed by atoms with Gasteiger partial charge >= 0.3 is 0 Å². The maximum Gasteiger partial charge on any atom is 0.0441 e. The highest BCUT2D eigenvalue weighted by atomic mass is 79.9. The number of hydrogen-bond acceptors (Lipinski definition) is 2. The molecule has 0 spiro atoms. The first-order valence-corrected chi connectivity index (χ1v) is 7.61. The van der Waals surface area contributed by atoms with Crippen molar-refractivity contribution < 1.29 is 0 Å². The molecule has 0 saturated heterocycles. The van der Waals surface area contributed by atoms with Gasteiger partial charge in [-0.05, 0) is 62.2 Å². The number of nitrogens with zero attached hydrogens (tertiary/aromatic N) is 1. The summed E-state index contributed by atoms with van der Waals surface area (Å²) in [7, 11) is 2.11. The predicted molar refractivity (Wildman–Crippen MR) is 90.9 cm³/mol. The first-order chi connectivity index (χ1) is 9.52. The molecule has 2 aromatic carbocycles. The van der Waals surface area contributed by atoms with Crippen LogP contribution < -0.4 is 10.6 Å². The zero-order chi connectivity index (χ0) is 14.7. The lowest BCUT2D eigenvalue weighted by molar-refractivity contribution is 0.959. The lowest BCUT2D eigenvalue weighted by Crippen LogP contribution is -2.14. The first-order valence-electron chi connectivity index (χ1n) is 6.82. The number of rotatable bonds is 4. The normalized spacial score (nSPS) is 10.7. The van der Waals surface area contributed by atoms with E-state index in [1.165, 1.54) is 28.1 Å². The van der Waals surface area contributed by atoms with E-state index in [4.69, 9.17) is 5.73 Å². The summed E-state index contributed by atoms with van der Waals surface area (Å²) < 4.78 is 1.10. The number of halogens is 1. The number of hydrogen-bond donors (Lipinski definition) is 1. The van der Waals surface area contributed by atoms with Gasteiger partial charge in [-0.1, -0.05) is 33.6 Å². The summed E-state index contributed by atoms with van der Waals surface area (Å²) in [4.78, 5) is 2.24. The Hall–Kier alpha value is -1.32. The van der Waals surface area contributed by atoms with Crippen molar-refractivity contribution in [2.45, 2.75) is 20.3 Å². The van der Waals surface area contributed by atoms with Crippen LogP contribution in [0.4, 0.5) is 11.4 Å². The van der Waals surface area contributed by atoms with E-state index < -0.39 is 0 Å². The predicted octanol–water partition coefficient (Wildman–Crippen LogP) is 4.34. The molecule has 0 atom stereocenters. The van der Waals surface area contributed by atoms with Gasteiger partial charge in [-0.3, -0.25) is 0 Å². The van der Waals surface area contributed by atoms with Crippen LogP contribution in [-0.4, -0.2) is 13.6 Å². The van der Waals surface area contributed by atoms with Gasteiger partial charge < -0.3 is 10.6 Å². The van der Waals surface area contributed by atoms with Gasteiger partial charge in [-0.15, -0.1) is 0 Å². The Kier molecular flexibility index (Phi) is 4.84. The van der Waals surface area contributed by atoms with E-state index in [2.05, 4.69) is 78.1 Å². The van der Waals surface area contributed by atoms with Gasteiger partial charge in [0.1, 0.15) is 0 Å². The molecule has 3 heteroatoms. The molecule has 0 fully saturated rings. The Morgan fingerprint density at radius 1 is 1.05 bits per heavy atom. The zero-order valence-electron chi connectivity index (χ0n) is 12.3. The Bertz CT molecular complexity index is 608. The van der Waals surface area contributed by atoms with Crippen molar-refractivity contribution in [2.24, 2.45) is 5.73 Å². The summed E-state index contributed by atoms with van der Waals surface area (Å²) in [6.45, 7) is 4.93. The molecular formula is C17H21BrN2. The summed E-state index contributed by atoms with van der Waals surface area (Å²) in [5.74, 6) is 0. The summed E-state index contributed by atoms with van der Waals surface area (Å²) in [5, 5.41) is 0. The van der Waals surface area contributed by atoms with Gasteiger partial charge in [0.25, 0.3) is 0 Å². The minimum atomic E-state index is 0.657. The highest BCUT2D eigenvalue weighted by Crippen LogP contribution is 2.31. The van der Waals surface area contributed by atoms with E-state index >= 15 is 0 Å². The molecule has 2 N–H and O–H groups in total. The van der Waals surface area contributed by atoms with Crippen LogP contribution in [-0.2, 0) is 6.42 Å². The molecule has 2 nitrogen and oxygen atoms in total. The van der Waals surface area contributed by atoms with Gasteiger partial charge in [-0.25, -0.2) is 0 Å². The van der Waals surface area contributed by atoms with Gasteiger partial charge in [0, 0.05) is 22.9 Å². The van der Waals surface area contributed by atoms with Crippen molar-refractivity contribution in [1.29, 1.82) is 0 Å². The monoisotopic (exact) mass is 332 g/mol. The van der Waals surface area contributed by atoms with Crippen molar-refractivity contribution >= 4 is 27.3 Å². The van der Waals surface area contributed by atoms with Gasteiger partial charge in [-0.2, -0.15) is 0 Å². The molecule has 2 rings (SSSR count). The smallest absolute Gasteiger partial charge is 0.0441 e. The quantitative estimate of drug-likeness (QED) is 0.902. The average Bonchev–Trinajstić information content (AvgIpc) is 2.38. The summed E-state index contributed by atoms with van der Waals surface area (Å²) in [6, 6.07) is 12.9. The van der Waals surface area contributed by atoms with Crippen LogP contribution in [0.2, 0.25) is 0 Å². The second-order valence-electron chi connectivity index (χ2n) is 5.16. The summed E-state index contributed by atoms with van der Waals surface area (Å²) >= 11 is 3.54. The molecular weight excluding hydrogens is 312 g/mol. The van der Waals surface area contributed by atoms with Crippen LogP contribution >= 0.6 is 15.9 Å². The van der Waals surface area contributed by atoms with E-state index in [0.29, 0.717) is 6.54 Å². The Morgan fingerprint density at radius 3 is 2.40 bits per heavy atom. The minimum Gasteiger partial charge on any atom is -0.344 e. The number of nitrogens with two attached hydrogens (primary N) is 1. The third-order valence-electron chi connectivity index (χ3n) is 3.53. The van der Waals surface area contributed by atoms with Crippen LogP contribution in [0.1, 0.15) is 16.7 Å². The van der Waals surface area contributed by atoms with Gasteiger partial charge in [0.05, 0.1) is 0 Å². The standard InChI is InChI=1S/C17H21BrN2/c1-12-4-6-16(13(2)10-12)20(3)17-7-5-15(18)11-14(17)8-9-19/h4-7,10-11H,8-9,19H2,1-3H3. The molecule has 2 aromatic rings.